The number of nitrogens with two attached hydrogens (primary N) is 1. The van der Waals surface area contributed by atoms with Crippen LogP contribution >= 0.6 is 12.2 Å². The fraction of sp³-hybridized carbons (Fsp3) is 0.267. The molecule has 2 rings (SSSR count). The van der Waals surface area contributed by atoms with Crippen molar-refractivity contribution in [3.05, 3.63) is 52.3 Å². The van der Waals surface area contributed by atoms with E-state index in [0.29, 0.717) is 17.1 Å². The molecule has 1 heterocycles. The van der Waals surface area contributed by atoms with Crippen LogP contribution in [-0.2, 0) is 13.6 Å². The Balaban J connectivity index is 2.06. The summed E-state index contributed by atoms with van der Waals surface area (Å²) in [5.74, 6) is -0.132. The minimum atomic E-state index is -0.132. The van der Waals surface area contributed by atoms with Gasteiger partial charge in [-0.25, -0.2) is 0 Å². The number of rotatable bonds is 4. The van der Waals surface area contributed by atoms with Crippen molar-refractivity contribution in [2.24, 2.45) is 12.8 Å². The van der Waals surface area contributed by atoms with Crippen LogP contribution in [0, 0.1) is 13.8 Å². The summed E-state index contributed by atoms with van der Waals surface area (Å²) in [7, 11) is 1.89. The number of carbonyl (C=O) groups is 1. The molecule has 2 aromatic rings. The van der Waals surface area contributed by atoms with Gasteiger partial charge in [-0.1, -0.05) is 24.4 Å². The zero-order valence-corrected chi connectivity index (χ0v) is 13.1. The van der Waals surface area contributed by atoms with E-state index < -0.39 is 0 Å². The second-order valence-electron chi connectivity index (χ2n) is 4.90. The lowest BCUT2D eigenvalue weighted by Crippen LogP contribution is -2.23. The molecule has 0 aliphatic carbocycles. The Labute approximate surface area is 129 Å². The SMILES string of the molecule is Cc1nn(C)c(C)c1CNC(=O)c1ccc(C(N)=S)cc1. The van der Waals surface area contributed by atoms with E-state index in [1.807, 2.05) is 25.6 Å². The Kier molecular flexibility index (Phi) is 4.37. The van der Waals surface area contributed by atoms with Crippen LogP contribution < -0.4 is 11.1 Å². The van der Waals surface area contributed by atoms with Gasteiger partial charge in [-0.15, -0.1) is 0 Å². The maximum Gasteiger partial charge on any atom is 0.251 e. The van der Waals surface area contributed by atoms with Gasteiger partial charge in [0.2, 0.25) is 0 Å². The molecule has 1 amide bonds. The van der Waals surface area contributed by atoms with E-state index in [2.05, 4.69) is 10.4 Å². The summed E-state index contributed by atoms with van der Waals surface area (Å²) < 4.78 is 1.81. The zero-order valence-electron chi connectivity index (χ0n) is 12.3. The van der Waals surface area contributed by atoms with Crippen LogP contribution in [0.15, 0.2) is 24.3 Å². The third kappa shape index (κ3) is 3.28. The molecule has 0 radical (unpaired) electrons. The molecule has 110 valence electrons. The molecule has 0 aliphatic rings. The number of thiocarbonyl (C=S) groups is 1. The Hall–Kier alpha value is -2.21. The van der Waals surface area contributed by atoms with E-state index in [1.54, 1.807) is 24.3 Å². The van der Waals surface area contributed by atoms with E-state index in [0.717, 1.165) is 22.5 Å². The highest BCUT2D eigenvalue weighted by Gasteiger charge is 2.11. The molecule has 0 bridgehead atoms. The number of hydrogen-bond donors (Lipinski definition) is 2. The monoisotopic (exact) mass is 302 g/mol. The standard InChI is InChI=1S/C15H18N4OS/c1-9-13(10(2)19(3)18-9)8-17-15(20)12-6-4-11(5-7-12)14(16)21/h4-7H,8H2,1-3H3,(H2,16,21)(H,17,20). The van der Waals surface area contributed by atoms with Crippen molar-refractivity contribution in [2.45, 2.75) is 20.4 Å². The van der Waals surface area contributed by atoms with Crippen LogP contribution in [0.1, 0.15) is 32.9 Å². The first-order valence-electron chi connectivity index (χ1n) is 6.57. The second-order valence-corrected chi connectivity index (χ2v) is 5.34. The highest BCUT2D eigenvalue weighted by Crippen LogP contribution is 2.12. The number of benzene rings is 1. The fourth-order valence-electron chi connectivity index (χ4n) is 2.13. The third-order valence-electron chi connectivity index (χ3n) is 3.52. The summed E-state index contributed by atoms with van der Waals surface area (Å²) in [5.41, 5.74) is 9.89. The summed E-state index contributed by atoms with van der Waals surface area (Å²) in [6.45, 7) is 4.38. The molecular formula is C15H18N4OS. The Morgan fingerprint density at radius 1 is 1.29 bits per heavy atom. The molecule has 0 saturated heterocycles. The molecule has 0 spiro atoms. The molecule has 3 N–H and O–H groups in total. The normalized spacial score (nSPS) is 10.4. The summed E-state index contributed by atoms with van der Waals surface area (Å²) >= 11 is 4.89. The minimum absolute atomic E-state index is 0.132. The van der Waals surface area contributed by atoms with Crippen molar-refractivity contribution < 1.29 is 4.79 Å². The van der Waals surface area contributed by atoms with Crippen molar-refractivity contribution >= 4 is 23.1 Å². The maximum absolute atomic E-state index is 12.1. The molecule has 0 fully saturated rings. The van der Waals surface area contributed by atoms with Gasteiger partial charge >= 0.3 is 0 Å². The van der Waals surface area contributed by atoms with Gasteiger partial charge in [0.05, 0.1) is 5.69 Å². The molecule has 1 aromatic heterocycles. The Morgan fingerprint density at radius 3 is 2.33 bits per heavy atom. The lowest BCUT2D eigenvalue weighted by molar-refractivity contribution is 0.0951. The summed E-state index contributed by atoms with van der Waals surface area (Å²) in [5, 5.41) is 7.23. The number of aryl methyl sites for hydroxylation is 2. The summed E-state index contributed by atoms with van der Waals surface area (Å²) in [6.07, 6.45) is 0. The topological polar surface area (TPSA) is 72.9 Å². The first-order valence-corrected chi connectivity index (χ1v) is 6.98. The van der Waals surface area contributed by atoms with Gasteiger partial charge in [0.25, 0.3) is 5.91 Å². The fourth-order valence-corrected chi connectivity index (χ4v) is 2.27. The molecule has 0 aliphatic heterocycles. The predicted molar refractivity (Wildman–Crippen MR) is 86.2 cm³/mol. The smallest absolute Gasteiger partial charge is 0.251 e. The van der Waals surface area contributed by atoms with Crippen LogP contribution in [0.4, 0.5) is 0 Å². The van der Waals surface area contributed by atoms with Crippen LogP contribution in [0.25, 0.3) is 0 Å². The molecule has 0 atom stereocenters. The van der Waals surface area contributed by atoms with E-state index >= 15 is 0 Å². The molecule has 1 aromatic carbocycles. The van der Waals surface area contributed by atoms with Gasteiger partial charge in [-0.05, 0) is 26.0 Å². The van der Waals surface area contributed by atoms with Crippen molar-refractivity contribution in [1.82, 2.24) is 15.1 Å². The van der Waals surface area contributed by atoms with E-state index in [-0.39, 0.29) is 5.91 Å². The number of amides is 1. The average Bonchev–Trinajstić information content (AvgIpc) is 2.70. The molecule has 0 unspecified atom stereocenters. The van der Waals surface area contributed by atoms with Gasteiger partial charge < -0.3 is 11.1 Å². The Morgan fingerprint density at radius 2 is 1.86 bits per heavy atom. The molecule has 6 heteroatoms. The lowest BCUT2D eigenvalue weighted by atomic mass is 10.1. The quantitative estimate of drug-likeness (QED) is 0.842. The summed E-state index contributed by atoms with van der Waals surface area (Å²) in [4.78, 5) is 12.4. The van der Waals surface area contributed by atoms with Crippen LogP contribution in [-0.4, -0.2) is 20.7 Å². The molecular weight excluding hydrogens is 284 g/mol. The first kappa shape index (κ1) is 15.2. The predicted octanol–water partition coefficient (Wildman–Crippen LogP) is 1.60. The van der Waals surface area contributed by atoms with Crippen LogP contribution in [0.2, 0.25) is 0 Å². The van der Waals surface area contributed by atoms with Gasteiger partial charge in [0, 0.05) is 36.0 Å². The average molecular weight is 302 g/mol. The second kappa shape index (κ2) is 6.05. The third-order valence-corrected chi connectivity index (χ3v) is 3.75. The van der Waals surface area contributed by atoms with E-state index in [4.69, 9.17) is 18.0 Å². The molecule has 0 saturated carbocycles. The van der Waals surface area contributed by atoms with E-state index in [1.165, 1.54) is 0 Å². The number of nitrogens with zero attached hydrogens (tertiary/aromatic N) is 2. The van der Waals surface area contributed by atoms with E-state index in [9.17, 15) is 4.79 Å². The van der Waals surface area contributed by atoms with Crippen LogP contribution in [0.5, 0.6) is 0 Å². The first-order chi connectivity index (χ1) is 9.90. The van der Waals surface area contributed by atoms with Gasteiger partial charge in [-0.3, -0.25) is 9.48 Å². The molecule has 5 nitrogen and oxygen atoms in total. The zero-order chi connectivity index (χ0) is 15.6. The van der Waals surface area contributed by atoms with Crippen molar-refractivity contribution in [3.8, 4) is 0 Å². The highest BCUT2D eigenvalue weighted by atomic mass is 32.1. The van der Waals surface area contributed by atoms with Crippen molar-refractivity contribution in [2.75, 3.05) is 0 Å². The minimum Gasteiger partial charge on any atom is -0.389 e. The Bertz CT molecular complexity index is 688. The van der Waals surface area contributed by atoms with Crippen molar-refractivity contribution in [1.29, 1.82) is 0 Å². The van der Waals surface area contributed by atoms with Crippen LogP contribution in [0.3, 0.4) is 0 Å². The summed E-state index contributed by atoms with van der Waals surface area (Å²) in [6, 6.07) is 6.93. The number of aromatic nitrogens is 2. The lowest BCUT2D eigenvalue weighted by Gasteiger charge is -2.06. The highest BCUT2D eigenvalue weighted by molar-refractivity contribution is 7.80. The number of nitrogens with one attached hydrogen (secondary N) is 1. The largest absolute Gasteiger partial charge is 0.389 e. The maximum atomic E-state index is 12.1. The van der Waals surface area contributed by atoms with Crippen molar-refractivity contribution in [3.63, 3.8) is 0 Å². The van der Waals surface area contributed by atoms with Gasteiger partial charge in [0.1, 0.15) is 4.99 Å². The van der Waals surface area contributed by atoms with Gasteiger partial charge in [0.15, 0.2) is 0 Å². The number of carbonyl (C=O) groups excluding carboxylic acids is 1. The number of hydrogen-bond acceptors (Lipinski definition) is 3. The molecule has 21 heavy (non-hydrogen) atoms. The van der Waals surface area contributed by atoms with Gasteiger partial charge in [-0.2, -0.15) is 5.10 Å².